The molecule has 150 valence electrons. The molecule has 1 atom stereocenters. The fraction of sp³-hybridized carbons (Fsp3) is 0.143. The molecule has 0 saturated heterocycles. The van der Waals surface area contributed by atoms with Crippen molar-refractivity contribution >= 4 is 17.5 Å². The number of primary amides is 1. The number of nitriles is 1. The second kappa shape index (κ2) is 7.89. The fourth-order valence-electron chi connectivity index (χ4n) is 3.19. The third-order valence-electron chi connectivity index (χ3n) is 4.66. The summed E-state index contributed by atoms with van der Waals surface area (Å²) in [5.41, 5.74) is 8.32. The van der Waals surface area contributed by atoms with E-state index in [4.69, 9.17) is 27.0 Å². The Bertz CT molecular complexity index is 1250. The minimum atomic E-state index is -0.569. The van der Waals surface area contributed by atoms with E-state index in [2.05, 4.69) is 10.2 Å². The summed E-state index contributed by atoms with van der Waals surface area (Å²) in [7, 11) is 0. The van der Waals surface area contributed by atoms with Gasteiger partial charge in [0.25, 0.3) is 5.91 Å². The van der Waals surface area contributed by atoms with Gasteiger partial charge in [-0.15, -0.1) is 0 Å². The number of furan rings is 1. The summed E-state index contributed by atoms with van der Waals surface area (Å²) in [6.45, 7) is 2.38. The van der Waals surface area contributed by atoms with Gasteiger partial charge < -0.3 is 10.2 Å². The van der Waals surface area contributed by atoms with Crippen LogP contribution in [0.25, 0.3) is 22.7 Å². The largest absolute Gasteiger partial charge is 0.463 e. The van der Waals surface area contributed by atoms with E-state index in [0.29, 0.717) is 34.3 Å². The van der Waals surface area contributed by atoms with Crippen molar-refractivity contribution in [3.8, 4) is 28.8 Å². The molecule has 2 N–H and O–H groups in total. The average Bonchev–Trinajstić information content (AvgIpc) is 3.47. The van der Waals surface area contributed by atoms with Crippen LogP contribution < -0.4 is 5.73 Å². The number of nitrogens with two attached hydrogens (primary N) is 1. The van der Waals surface area contributed by atoms with E-state index in [9.17, 15) is 4.79 Å². The number of benzene rings is 1. The molecule has 0 aliphatic carbocycles. The number of carbonyl (C=O) groups is 1. The van der Waals surface area contributed by atoms with E-state index in [-0.39, 0.29) is 6.04 Å². The molecule has 0 bridgehead atoms. The standard InChI is InChI=1S/C21H17ClN6O2/c1-13(28-19(21(24)29)10-18(26-28)20-3-2-8-30-20)12-27-7-6-17(25-27)14-4-5-15(11-23)16(22)9-14/h2-10,13H,12H2,1H3,(H2,24,29)/t13-/m0/s1. The Kier molecular flexibility index (Phi) is 5.12. The van der Waals surface area contributed by atoms with Crippen molar-refractivity contribution in [1.29, 1.82) is 5.26 Å². The molecule has 30 heavy (non-hydrogen) atoms. The van der Waals surface area contributed by atoms with Crippen LogP contribution in [0.2, 0.25) is 5.02 Å². The van der Waals surface area contributed by atoms with E-state index in [1.165, 1.54) is 0 Å². The van der Waals surface area contributed by atoms with Crippen LogP contribution in [0.4, 0.5) is 0 Å². The Labute approximate surface area is 177 Å². The zero-order valence-corrected chi connectivity index (χ0v) is 16.7. The highest BCUT2D eigenvalue weighted by Gasteiger charge is 2.20. The van der Waals surface area contributed by atoms with Crippen LogP contribution in [0.15, 0.2) is 59.3 Å². The van der Waals surface area contributed by atoms with Crippen molar-refractivity contribution in [3.63, 3.8) is 0 Å². The molecule has 0 aliphatic rings. The van der Waals surface area contributed by atoms with Crippen LogP contribution in [0.3, 0.4) is 0 Å². The Hall–Kier alpha value is -3.83. The SMILES string of the molecule is C[C@@H](Cn1ccc(-c2ccc(C#N)c(Cl)c2)n1)n1nc(-c2ccco2)cc1C(N)=O. The molecule has 3 aromatic heterocycles. The van der Waals surface area contributed by atoms with Gasteiger partial charge in [-0.25, -0.2) is 0 Å². The lowest BCUT2D eigenvalue weighted by Gasteiger charge is -2.14. The van der Waals surface area contributed by atoms with Crippen molar-refractivity contribution in [1.82, 2.24) is 19.6 Å². The summed E-state index contributed by atoms with van der Waals surface area (Å²) in [6, 6.07) is 14.0. The molecule has 8 nitrogen and oxygen atoms in total. The maximum Gasteiger partial charge on any atom is 0.267 e. The molecule has 1 amide bonds. The molecule has 9 heteroatoms. The Morgan fingerprint density at radius 2 is 2.10 bits per heavy atom. The van der Waals surface area contributed by atoms with E-state index in [0.717, 1.165) is 11.3 Å². The average molecular weight is 421 g/mol. The van der Waals surface area contributed by atoms with E-state index in [1.807, 2.05) is 25.3 Å². The number of carbonyl (C=O) groups excluding carboxylic acids is 1. The summed E-state index contributed by atoms with van der Waals surface area (Å²) in [4.78, 5) is 11.9. The van der Waals surface area contributed by atoms with Crippen LogP contribution in [0.5, 0.6) is 0 Å². The van der Waals surface area contributed by atoms with Gasteiger partial charge in [0.05, 0.1) is 35.1 Å². The van der Waals surface area contributed by atoms with Gasteiger partial charge in [-0.05, 0) is 37.3 Å². The highest BCUT2D eigenvalue weighted by molar-refractivity contribution is 6.32. The van der Waals surface area contributed by atoms with Gasteiger partial charge in [-0.2, -0.15) is 15.5 Å². The first-order chi connectivity index (χ1) is 14.5. The lowest BCUT2D eigenvalue weighted by molar-refractivity contribution is 0.0987. The van der Waals surface area contributed by atoms with E-state index >= 15 is 0 Å². The van der Waals surface area contributed by atoms with Gasteiger partial charge in [-0.3, -0.25) is 14.2 Å². The Morgan fingerprint density at radius 1 is 1.27 bits per heavy atom. The topological polar surface area (TPSA) is 116 Å². The van der Waals surface area contributed by atoms with Crippen LogP contribution in [0, 0.1) is 11.3 Å². The Morgan fingerprint density at radius 3 is 2.77 bits per heavy atom. The lowest BCUT2D eigenvalue weighted by Crippen LogP contribution is -2.22. The van der Waals surface area contributed by atoms with Gasteiger partial charge in [0.15, 0.2) is 5.76 Å². The van der Waals surface area contributed by atoms with Crippen molar-refractivity contribution in [3.05, 3.63) is 71.2 Å². The minimum Gasteiger partial charge on any atom is -0.463 e. The monoisotopic (exact) mass is 420 g/mol. The first kappa shape index (κ1) is 19.5. The maximum atomic E-state index is 11.9. The van der Waals surface area contributed by atoms with Gasteiger partial charge >= 0.3 is 0 Å². The molecule has 0 unspecified atom stereocenters. The summed E-state index contributed by atoms with van der Waals surface area (Å²) >= 11 is 6.12. The number of hydrogen-bond acceptors (Lipinski definition) is 5. The first-order valence-corrected chi connectivity index (χ1v) is 9.50. The summed E-state index contributed by atoms with van der Waals surface area (Å²) in [6.07, 6.45) is 3.38. The number of halogens is 1. The lowest BCUT2D eigenvalue weighted by atomic mass is 10.1. The number of rotatable bonds is 6. The first-order valence-electron chi connectivity index (χ1n) is 9.13. The molecular weight excluding hydrogens is 404 g/mol. The third-order valence-corrected chi connectivity index (χ3v) is 4.97. The van der Waals surface area contributed by atoms with Crippen molar-refractivity contribution in [2.24, 2.45) is 5.73 Å². The molecule has 0 saturated carbocycles. The summed E-state index contributed by atoms with van der Waals surface area (Å²) < 4.78 is 8.71. The molecule has 4 rings (SSSR count). The van der Waals surface area contributed by atoms with E-state index in [1.54, 1.807) is 52.0 Å². The summed E-state index contributed by atoms with van der Waals surface area (Å²) in [5, 5.41) is 18.5. The van der Waals surface area contributed by atoms with Gasteiger partial charge in [-0.1, -0.05) is 17.7 Å². The molecule has 4 aromatic rings. The zero-order chi connectivity index (χ0) is 21.3. The quantitative estimate of drug-likeness (QED) is 0.508. The van der Waals surface area contributed by atoms with Crippen LogP contribution in [-0.2, 0) is 6.54 Å². The maximum absolute atomic E-state index is 11.9. The predicted molar refractivity (Wildman–Crippen MR) is 111 cm³/mol. The van der Waals surface area contributed by atoms with Crippen molar-refractivity contribution < 1.29 is 9.21 Å². The van der Waals surface area contributed by atoms with Crippen LogP contribution in [-0.4, -0.2) is 25.5 Å². The Balaban J connectivity index is 1.58. The number of nitrogens with zero attached hydrogens (tertiary/aromatic N) is 5. The number of aromatic nitrogens is 4. The van der Waals surface area contributed by atoms with Gasteiger partial charge in [0, 0.05) is 17.8 Å². The molecular formula is C21H17ClN6O2. The van der Waals surface area contributed by atoms with Crippen molar-refractivity contribution in [2.75, 3.05) is 0 Å². The molecule has 0 aliphatic heterocycles. The molecule has 0 fully saturated rings. The van der Waals surface area contributed by atoms with Crippen molar-refractivity contribution in [2.45, 2.75) is 19.5 Å². The summed E-state index contributed by atoms with van der Waals surface area (Å²) in [5.74, 6) is -0.0111. The molecule has 0 spiro atoms. The van der Waals surface area contributed by atoms with Crippen LogP contribution in [0.1, 0.15) is 29.0 Å². The second-order valence-corrected chi connectivity index (χ2v) is 7.19. The van der Waals surface area contributed by atoms with Gasteiger partial charge in [0.2, 0.25) is 0 Å². The zero-order valence-electron chi connectivity index (χ0n) is 16.0. The molecule has 0 radical (unpaired) electrons. The smallest absolute Gasteiger partial charge is 0.267 e. The highest BCUT2D eigenvalue weighted by Crippen LogP contribution is 2.25. The highest BCUT2D eigenvalue weighted by atomic mass is 35.5. The van der Waals surface area contributed by atoms with Crippen LogP contribution >= 0.6 is 11.6 Å². The normalized spacial score (nSPS) is 11.9. The number of hydrogen-bond donors (Lipinski definition) is 1. The fourth-order valence-corrected chi connectivity index (χ4v) is 3.41. The second-order valence-electron chi connectivity index (χ2n) is 6.78. The molecule has 1 aromatic carbocycles. The minimum absolute atomic E-state index is 0.200. The van der Waals surface area contributed by atoms with Gasteiger partial charge in [0.1, 0.15) is 17.5 Å². The molecule has 3 heterocycles. The third kappa shape index (κ3) is 3.71. The number of amides is 1. The van der Waals surface area contributed by atoms with E-state index < -0.39 is 5.91 Å². The predicted octanol–water partition coefficient (Wildman–Crippen LogP) is 3.89.